The first-order valence-corrected chi connectivity index (χ1v) is 12.6. The molecule has 0 unspecified atom stereocenters. The highest BCUT2D eigenvalue weighted by molar-refractivity contribution is 7.21. The highest BCUT2D eigenvalue weighted by Gasteiger charge is 2.36. The van der Waals surface area contributed by atoms with Crippen molar-refractivity contribution in [3.05, 3.63) is 88.3 Å². The fourth-order valence-electron chi connectivity index (χ4n) is 4.45. The molecule has 0 radical (unpaired) electrons. The number of phenolic OH excluding ortho intramolecular Hbond substituents is 1. The average Bonchev–Trinajstić information content (AvgIpc) is 3.20. The second-order valence-electron chi connectivity index (χ2n) is 9.09. The van der Waals surface area contributed by atoms with Gasteiger partial charge >= 0.3 is 6.18 Å². The number of benzene rings is 3. The molecule has 37 heavy (non-hydrogen) atoms. The zero-order chi connectivity index (χ0) is 26.2. The molecule has 0 spiro atoms. The molecule has 1 N–H and O–H groups in total. The molecule has 3 aromatic carbocycles. The molecule has 0 amide bonds. The fourth-order valence-corrected chi connectivity index (χ4v) is 5.57. The van der Waals surface area contributed by atoms with E-state index in [9.17, 15) is 27.5 Å². The number of ketones is 1. The van der Waals surface area contributed by atoms with Crippen LogP contribution in [0.4, 0.5) is 17.6 Å². The molecule has 1 aliphatic rings. The molecular formula is C28H23F4NO3S. The Hall–Kier alpha value is -3.43. The Balaban J connectivity index is 1.43. The van der Waals surface area contributed by atoms with Crippen LogP contribution in [-0.2, 0) is 12.6 Å². The van der Waals surface area contributed by atoms with Crippen molar-refractivity contribution in [3.8, 4) is 17.2 Å². The normalized spacial score (nSPS) is 14.6. The third-order valence-electron chi connectivity index (χ3n) is 6.42. The summed E-state index contributed by atoms with van der Waals surface area (Å²) in [5, 5.41) is 10.4. The van der Waals surface area contributed by atoms with Crippen LogP contribution in [0.15, 0.2) is 66.7 Å². The minimum atomic E-state index is -4.69. The molecule has 0 saturated carbocycles. The van der Waals surface area contributed by atoms with Crippen LogP contribution in [0.3, 0.4) is 0 Å². The number of phenols is 1. The van der Waals surface area contributed by atoms with Crippen LogP contribution in [-0.4, -0.2) is 42.1 Å². The lowest BCUT2D eigenvalue weighted by Gasteiger charge is -2.37. The Morgan fingerprint density at radius 3 is 2.49 bits per heavy atom. The van der Waals surface area contributed by atoms with Crippen molar-refractivity contribution in [1.29, 1.82) is 0 Å². The smallest absolute Gasteiger partial charge is 0.417 e. The van der Waals surface area contributed by atoms with Crippen LogP contribution in [0.5, 0.6) is 17.2 Å². The Labute approximate surface area is 214 Å². The maximum Gasteiger partial charge on any atom is 0.417 e. The van der Waals surface area contributed by atoms with E-state index in [1.807, 2.05) is 12.1 Å². The highest BCUT2D eigenvalue weighted by atomic mass is 32.1. The number of rotatable bonds is 8. The number of carbonyl (C=O) groups excluding carboxylic acids is 1. The van der Waals surface area contributed by atoms with Gasteiger partial charge in [-0.05, 0) is 48.4 Å². The summed E-state index contributed by atoms with van der Waals surface area (Å²) in [7, 11) is 0. The van der Waals surface area contributed by atoms with E-state index in [1.165, 1.54) is 24.3 Å². The van der Waals surface area contributed by atoms with Gasteiger partial charge in [-0.25, -0.2) is 0 Å². The van der Waals surface area contributed by atoms with Gasteiger partial charge in [0.1, 0.15) is 16.4 Å². The van der Waals surface area contributed by atoms with Gasteiger partial charge in [0.15, 0.2) is 5.75 Å². The van der Waals surface area contributed by atoms with Crippen molar-refractivity contribution in [1.82, 2.24) is 4.90 Å². The van der Waals surface area contributed by atoms with Gasteiger partial charge in [-0.3, -0.25) is 9.18 Å². The predicted octanol–water partition coefficient (Wildman–Crippen LogP) is 7.09. The molecule has 0 atom stereocenters. The molecule has 9 heteroatoms. The van der Waals surface area contributed by atoms with E-state index in [1.54, 1.807) is 18.2 Å². The lowest BCUT2D eigenvalue weighted by molar-refractivity contribution is -0.137. The summed E-state index contributed by atoms with van der Waals surface area (Å²) in [5.41, 5.74) is -0.422. The Bertz CT molecular complexity index is 1430. The molecule has 1 fully saturated rings. The zero-order valence-corrected chi connectivity index (χ0v) is 20.4. The number of alkyl halides is 4. The van der Waals surface area contributed by atoms with Gasteiger partial charge < -0.3 is 14.7 Å². The van der Waals surface area contributed by atoms with Gasteiger partial charge in [0.25, 0.3) is 0 Å². The first-order valence-electron chi connectivity index (χ1n) is 11.7. The van der Waals surface area contributed by atoms with Crippen molar-refractivity contribution < 1.29 is 32.2 Å². The summed E-state index contributed by atoms with van der Waals surface area (Å²) in [6.45, 7) is 2.08. The second kappa shape index (κ2) is 10.1. The van der Waals surface area contributed by atoms with E-state index >= 15 is 0 Å². The van der Waals surface area contributed by atoms with Crippen LogP contribution in [0.25, 0.3) is 10.1 Å². The number of thiophene rings is 1. The molecule has 1 aromatic heterocycles. The standard InChI is InChI=1S/C28H23F4NO3S/c29-14-18-15-33(16-18)12-11-17-5-8-20(9-6-17)36-26-22-10-7-19(34)13-24(22)37-27(26)25(35)21-3-1-2-4-23(21)28(30,31)32/h1-10,13,18,34H,11-12,14-16H2. The van der Waals surface area contributed by atoms with E-state index in [-0.39, 0.29) is 29.0 Å². The average molecular weight is 530 g/mol. The van der Waals surface area contributed by atoms with Gasteiger partial charge in [0.2, 0.25) is 5.78 Å². The van der Waals surface area contributed by atoms with Gasteiger partial charge in [0, 0.05) is 41.2 Å². The molecule has 0 bridgehead atoms. The minimum Gasteiger partial charge on any atom is -0.508 e. The topological polar surface area (TPSA) is 49.8 Å². The molecule has 5 rings (SSSR count). The highest BCUT2D eigenvalue weighted by Crippen LogP contribution is 2.44. The van der Waals surface area contributed by atoms with E-state index in [2.05, 4.69) is 4.90 Å². The maximum atomic E-state index is 13.6. The Morgan fingerprint density at radius 1 is 1.05 bits per heavy atom. The van der Waals surface area contributed by atoms with Crippen molar-refractivity contribution >= 4 is 27.2 Å². The van der Waals surface area contributed by atoms with Crippen LogP contribution >= 0.6 is 11.3 Å². The van der Waals surface area contributed by atoms with Crippen molar-refractivity contribution in [2.75, 3.05) is 26.3 Å². The number of hydrogen-bond acceptors (Lipinski definition) is 5. The fraction of sp³-hybridized carbons (Fsp3) is 0.250. The van der Waals surface area contributed by atoms with Crippen LogP contribution < -0.4 is 4.74 Å². The largest absolute Gasteiger partial charge is 0.508 e. The van der Waals surface area contributed by atoms with E-state index in [0.717, 1.165) is 55.1 Å². The number of halogens is 4. The third kappa shape index (κ3) is 5.33. The molecule has 4 nitrogen and oxygen atoms in total. The molecule has 2 heterocycles. The molecule has 4 aromatic rings. The summed E-state index contributed by atoms with van der Waals surface area (Å²) in [6.07, 6.45) is -3.90. The monoisotopic (exact) mass is 529 g/mol. The summed E-state index contributed by atoms with van der Waals surface area (Å²) in [4.78, 5) is 15.6. The number of hydrogen-bond donors (Lipinski definition) is 1. The van der Waals surface area contributed by atoms with Gasteiger partial charge in [-0.15, -0.1) is 11.3 Å². The van der Waals surface area contributed by atoms with E-state index in [0.29, 0.717) is 15.8 Å². The van der Waals surface area contributed by atoms with E-state index < -0.39 is 23.1 Å². The minimum absolute atomic E-state index is 0.0153. The van der Waals surface area contributed by atoms with Crippen LogP contribution in [0.2, 0.25) is 0 Å². The molecule has 1 aliphatic heterocycles. The lowest BCUT2D eigenvalue weighted by atomic mass is 10.0. The predicted molar refractivity (Wildman–Crippen MR) is 134 cm³/mol. The van der Waals surface area contributed by atoms with Gasteiger partial charge in [-0.1, -0.05) is 30.3 Å². The third-order valence-corrected chi connectivity index (χ3v) is 7.55. The molecule has 192 valence electrons. The van der Waals surface area contributed by atoms with Crippen LogP contribution in [0.1, 0.15) is 26.4 Å². The molecule has 1 saturated heterocycles. The van der Waals surface area contributed by atoms with Gasteiger partial charge in [-0.2, -0.15) is 13.2 Å². The number of ether oxygens (including phenoxy) is 1. The molecular weight excluding hydrogens is 506 g/mol. The number of nitrogens with zero attached hydrogens (tertiary/aromatic N) is 1. The number of likely N-dealkylation sites (tertiary alicyclic amines) is 1. The number of carbonyl (C=O) groups is 1. The Kier molecular flexibility index (Phi) is 6.92. The quantitative estimate of drug-likeness (QED) is 0.196. The van der Waals surface area contributed by atoms with Crippen molar-refractivity contribution in [2.24, 2.45) is 5.92 Å². The number of aromatic hydroxyl groups is 1. The maximum absolute atomic E-state index is 13.6. The van der Waals surface area contributed by atoms with Crippen molar-refractivity contribution in [2.45, 2.75) is 12.6 Å². The summed E-state index contributed by atoms with van der Waals surface area (Å²) >= 11 is 0.971. The van der Waals surface area contributed by atoms with Crippen molar-refractivity contribution in [3.63, 3.8) is 0 Å². The summed E-state index contributed by atoms with van der Waals surface area (Å²) in [6, 6.07) is 16.4. The zero-order valence-electron chi connectivity index (χ0n) is 19.6. The van der Waals surface area contributed by atoms with Gasteiger partial charge in [0.05, 0.1) is 12.2 Å². The van der Waals surface area contributed by atoms with E-state index in [4.69, 9.17) is 4.74 Å². The first-order chi connectivity index (χ1) is 17.7. The molecule has 0 aliphatic carbocycles. The lowest BCUT2D eigenvalue weighted by Crippen LogP contribution is -2.48. The Morgan fingerprint density at radius 2 is 1.78 bits per heavy atom. The summed E-state index contributed by atoms with van der Waals surface area (Å²) in [5.74, 6) is -0.123. The summed E-state index contributed by atoms with van der Waals surface area (Å²) < 4.78 is 60.0. The SMILES string of the molecule is O=C(c1ccccc1C(F)(F)F)c1sc2cc(O)ccc2c1Oc1ccc(CCN2CC(CF)C2)cc1. The van der Waals surface area contributed by atoms with Crippen LogP contribution in [0, 0.1) is 5.92 Å². The second-order valence-corrected chi connectivity index (χ2v) is 10.1. The number of fused-ring (bicyclic) bond motifs is 1. The first kappa shape index (κ1) is 25.2.